The van der Waals surface area contributed by atoms with Gasteiger partial charge in [-0.2, -0.15) is 0 Å². The SMILES string of the molecule is O=C(COc1ccc2oc3ccccc3c2c1)Nc1ccccc1F. The summed E-state index contributed by atoms with van der Waals surface area (Å²) in [6.07, 6.45) is 0. The number of benzene rings is 3. The fraction of sp³-hybridized carbons (Fsp3) is 0.0500. The second kappa shape index (κ2) is 6.28. The van der Waals surface area contributed by atoms with Gasteiger partial charge in [0.15, 0.2) is 6.61 Å². The van der Waals surface area contributed by atoms with Gasteiger partial charge >= 0.3 is 0 Å². The fourth-order valence-electron chi connectivity index (χ4n) is 2.69. The number of hydrogen-bond donors (Lipinski definition) is 1. The number of fused-ring (bicyclic) bond motifs is 3. The zero-order valence-electron chi connectivity index (χ0n) is 13.2. The molecule has 3 aromatic carbocycles. The van der Waals surface area contributed by atoms with E-state index in [4.69, 9.17) is 9.15 Å². The molecule has 0 saturated heterocycles. The molecule has 0 aliphatic heterocycles. The topological polar surface area (TPSA) is 51.5 Å². The van der Waals surface area contributed by atoms with Gasteiger partial charge in [-0.3, -0.25) is 4.79 Å². The van der Waals surface area contributed by atoms with Gasteiger partial charge in [0.05, 0.1) is 5.69 Å². The Morgan fingerprint density at radius 2 is 1.72 bits per heavy atom. The van der Waals surface area contributed by atoms with Crippen molar-refractivity contribution in [2.24, 2.45) is 0 Å². The van der Waals surface area contributed by atoms with Gasteiger partial charge in [-0.15, -0.1) is 0 Å². The van der Waals surface area contributed by atoms with Gasteiger partial charge in [-0.1, -0.05) is 30.3 Å². The molecule has 124 valence electrons. The van der Waals surface area contributed by atoms with Crippen molar-refractivity contribution in [1.82, 2.24) is 0 Å². The highest BCUT2D eigenvalue weighted by Gasteiger charge is 2.10. The zero-order chi connectivity index (χ0) is 17.2. The lowest BCUT2D eigenvalue weighted by molar-refractivity contribution is -0.118. The van der Waals surface area contributed by atoms with Crippen molar-refractivity contribution in [3.05, 3.63) is 72.5 Å². The van der Waals surface area contributed by atoms with Crippen LogP contribution in [0.1, 0.15) is 0 Å². The first-order chi connectivity index (χ1) is 12.2. The van der Waals surface area contributed by atoms with Crippen LogP contribution in [0.5, 0.6) is 5.75 Å². The average Bonchev–Trinajstić information content (AvgIpc) is 3.00. The smallest absolute Gasteiger partial charge is 0.262 e. The minimum absolute atomic E-state index is 0.132. The highest BCUT2D eigenvalue weighted by atomic mass is 19.1. The van der Waals surface area contributed by atoms with Crippen LogP contribution in [0.15, 0.2) is 71.1 Å². The van der Waals surface area contributed by atoms with Crippen molar-refractivity contribution < 1.29 is 18.3 Å². The Hall–Kier alpha value is -3.34. The third kappa shape index (κ3) is 3.04. The number of para-hydroxylation sites is 2. The number of furan rings is 1. The summed E-state index contributed by atoms with van der Waals surface area (Å²) in [5, 5.41) is 4.39. The Morgan fingerprint density at radius 1 is 0.960 bits per heavy atom. The van der Waals surface area contributed by atoms with Gasteiger partial charge in [0, 0.05) is 10.8 Å². The number of ether oxygens (including phenoxy) is 1. The van der Waals surface area contributed by atoms with Crippen molar-refractivity contribution in [2.75, 3.05) is 11.9 Å². The van der Waals surface area contributed by atoms with E-state index in [0.29, 0.717) is 5.75 Å². The first-order valence-corrected chi connectivity index (χ1v) is 7.79. The molecule has 5 heteroatoms. The fourth-order valence-corrected chi connectivity index (χ4v) is 2.69. The van der Waals surface area contributed by atoms with Crippen LogP contribution in [0.3, 0.4) is 0 Å². The van der Waals surface area contributed by atoms with E-state index in [1.54, 1.807) is 24.3 Å². The molecule has 0 spiro atoms. The van der Waals surface area contributed by atoms with Crippen molar-refractivity contribution >= 4 is 33.5 Å². The highest BCUT2D eigenvalue weighted by molar-refractivity contribution is 6.05. The molecule has 4 rings (SSSR count). The Bertz CT molecular complexity index is 1070. The van der Waals surface area contributed by atoms with E-state index in [1.807, 2.05) is 30.3 Å². The van der Waals surface area contributed by atoms with E-state index >= 15 is 0 Å². The van der Waals surface area contributed by atoms with Gasteiger partial charge in [0.25, 0.3) is 5.91 Å². The monoisotopic (exact) mass is 335 g/mol. The standard InChI is InChI=1S/C20H14FNO3/c21-16-6-2-3-7-17(16)22-20(23)12-24-13-9-10-19-15(11-13)14-5-1-4-8-18(14)25-19/h1-11H,12H2,(H,22,23). The molecule has 1 heterocycles. The Balaban J connectivity index is 1.50. The number of amides is 1. The summed E-state index contributed by atoms with van der Waals surface area (Å²) in [5.74, 6) is -0.368. The van der Waals surface area contributed by atoms with E-state index in [2.05, 4.69) is 5.32 Å². The number of nitrogens with one attached hydrogen (secondary N) is 1. The molecule has 1 N–H and O–H groups in total. The maximum Gasteiger partial charge on any atom is 0.262 e. The number of anilines is 1. The van der Waals surface area contributed by atoms with Gasteiger partial charge < -0.3 is 14.5 Å². The van der Waals surface area contributed by atoms with Crippen molar-refractivity contribution in [2.45, 2.75) is 0 Å². The number of carbonyl (C=O) groups is 1. The molecule has 4 nitrogen and oxygen atoms in total. The summed E-state index contributed by atoms with van der Waals surface area (Å²) in [4.78, 5) is 11.9. The highest BCUT2D eigenvalue weighted by Crippen LogP contribution is 2.31. The number of hydrogen-bond acceptors (Lipinski definition) is 3. The van der Waals surface area contributed by atoms with Crippen molar-refractivity contribution in [3.8, 4) is 5.75 Å². The zero-order valence-corrected chi connectivity index (χ0v) is 13.2. The van der Waals surface area contributed by atoms with Gasteiger partial charge in [0.2, 0.25) is 0 Å². The van der Waals surface area contributed by atoms with E-state index in [9.17, 15) is 9.18 Å². The molecule has 0 bridgehead atoms. The first kappa shape index (κ1) is 15.2. The largest absolute Gasteiger partial charge is 0.484 e. The summed E-state index contributed by atoms with van der Waals surface area (Å²) in [6.45, 7) is -0.213. The first-order valence-electron chi connectivity index (χ1n) is 7.79. The number of rotatable bonds is 4. The molecule has 25 heavy (non-hydrogen) atoms. The van der Waals surface area contributed by atoms with E-state index in [-0.39, 0.29) is 12.3 Å². The summed E-state index contributed by atoms with van der Waals surface area (Å²) >= 11 is 0. The van der Waals surface area contributed by atoms with E-state index in [0.717, 1.165) is 21.9 Å². The molecular weight excluding hydrogens is 321 g/mol. The molecular formula is C20H14FNO3. The summed E-state index contributed by atoms with van der Waals surface area (Å²) < 4.78 is 24.8. The lowest BCUT2D eigenvalue weighted by Gasteiger charge is -2.08. The minimum atomic E-state index is -0.484. The van der Waals surface area contributed by atoms with E-state index < -0.39 is 11.7 Å². The van der Waals surface area contributed by atoms with Crippen LogP contribution in [-0.4, -0.2) is 12.5 Å². The Labute approximate surface area is 142 Å². The van der Waals surface area contributed by atoms with Crippen LogP contribution in [-0.2, 0) is 4.79 Å². The molecule has 0 aliphatic rings. The lowest BCUT2D eigenvalue weighted by atomic mass is 10.1. The van der Waals surface area contributed by atoms with Gasteiger partial charge in [-0.05, 0) is 36.4 Å². The third-order valence-corrected chi connectivity index (χ3v) is 3.87. The van der Waals surface area contributed by atoms with Gasteiger partial charge in [0.1, 0.15) is 22.7 Å². The molecule has 4 aromatic rings. The summed E-state index contributed by atoms with van der Waals surface area (Å²) in [6, 6.07) is 19.1. The minimum Gasteiger partial charge on any atom is -0.484 e. The van der Waals surface area contributed by atoms with Crippen molar-refractivity contribution in [1.29, 1.82) is 0 Å². The molecule has 0 fully saturated rings. The number of halogens is 1. The molecule has 1 aromatic heterocycles. The number of carbonyl (C=O) groups excluding carboxylic acids is 1. The summed E-state index contributed by atoms with van der Waals surface area (Å²) in [5.41, 5.74) is 1.68. The van der Waals surface area contributed by atoms with Gasteiger partial charge in [-0.25, -0.2) is 4.39 Å². The summed E-state index contributed by atoms with van der Waals surface area (Å²) in [7, 11) is 0. The molecule has 0 radical (unpaired) electrons. The maximum absolute atomic E-state index is 13.5. The Morgan fingerprint density at radius 3 is 2.60 bits per heavy atom. The quantitative estimate of drug-likeness (QED) is 0.586. The second-order valence-corrected chi connectivity index (χ2v) is 5.57. The maximum atomic E-state index is 13.5. The Kier molecular flexibility index (Phi) is 3.82. The predicted octanol–water partition coefficient (Wildman–Crippen LogP) is 4.74. The average molecular weight is 335 g/mol. The predicted molar refractivity (Wildman–Crippen MR) is 94.2 cm³/mol. The van der Waals surface area contributed by atoms with Crippen LogP contribution in [0.25, 0.3) is 21.9 Å². The lowest BCUT2D eigenvalue weighted by Crippen LogP contribution is -2.20. The van der Waals surface area contributed by atoms with Crippen molar-refractivity contribution in [3.63, 3.8) is 0 Å². The molecule has 0 saturated carbocycles. The molecule has 0 unspecified atom stereocenters. The molecule has 1 amide bonds. The third-order valence-electron chi connectivity index (χ3n) is 3.87. The second-order valence-electron chi connectivity index (χ2n) is 5.57. The van der Waals surface area contributed by atoms with Crippen LogP contribution in [0, 0.1) is 5.82 Å². The van der Waals surface area contributed by atoms with E-state index in [1.165, 1.54) is 12.1 Å². The van der Waals surface area contributed by atoms with Crippen LogP contribution in [0.4, 0.5) is 10.1 Å². The van der Waals surface area contributed by atoms with Crippen LogP contribution >= 0.6 is 0 Å². The van der Waals surface area contributed by atoms with Crippen LogP contribution < -0.4 is 10.1 Å². The normalized spacial score (nSPS) is 10.9. The van der Waals surface area contributed by atoms with Crippen LogP contribution in [0.2, 0.25) is 0 Å². The molecule has 0 aliphatic carbocycles. The molecule has 0 atom stereocenters.